The molecular weight excluding hydrogens is 286 g/mol. The summed E-state index contributed by atoms with van der Waals surface area (Å²) in [6.07, 6.45) is 0. The zero-order chi connectivity index (χ0) is 16.3. The van der Waals surface area contributed by atoms with Crippen LogP contribution in [0.4, 0.5) is 0 Å². The van der Waals surface area contributed by atoms with Gasteiger partial charge in [-0.25, -0.2) is 0 Å². The van der Waals surface area contributed by atoms with Gasteiger partial charge in [-0.05, 0) is 26.0 Å². The maximum absolute atomic E-state index is 12.1. The van der Waals surface area contributed by atoms with Gasteiger partial charge in [0, 0.05) is 6.54 Å². The van der Waals surface area contributed by atoms with Crippen LogP contribution in [0.2, 0.25) is 0 Å². The normalized spacial score (nSPS) is 14.5. The lowest BCUT2D eigenvalue weighted by atomic mass is 10.1. The van der Waals surface area contributed by atoms with Gasteiger partial charge in [-0.1, -0.05) is 12.1 Å². The molecule has 1 aromatic rings. The van der Waals surface area contributed by atoms with Crippen molar-refractivity contribution in [3.05, 3.63) is 35.4 Å². The Bertz CT molecular complexity index is 606. The van der Waals surface area contributed by atoms with E-state index in [0.29, 0.717) is 6.54 Å². The maximum atomic E-state index is 12.1. The Labute approximate surface area is 127 Å². The number of hydrogen-bond acceptors (Lipinski definition) is 4. The summed E-state index contributed by atoms with van der Waals surface area (Å²) in [6, 6.07) is 5.67. The monoisotopic (exact) mass is 303 g/mol. The van der Waals surface area contributed by atoms with Gasteiger partial charge in [0.2, 0.25) is 11.8 Å². The molecular formula is C15H17N3O4. The van der Waals surface area contributed by atoms with E-state index >= 15 is 0 Å². The number of carbonyl (C=O) groups excluding carboxylic acids is 4. The maximum Gasteiger partial charge on any atom is 0.262 e. The Morgan fingerprint density at radius 2 is 1.68 bits per heavy atom. The van der Waals surface area contributed by atoms with Crippen LogP contribution in [-0.4, -0.2) is 47.7 Å². The quantitative estimate of drug-likeness (QED) is 0.744. The fourth-order valence-electron chi connectivity index (χ4n) is 2.21. The first-order valence-corrected chi connectivity index (χ1v) is 6.98. The highest BCUT2D eigenvalue weighted by atomic mass is 16.2. The standard InChI is InChI=1S/C15H17N3O4/c1-3-16-13(20)9(2)17-12(19)8-18-14(21)10-6-4-5-7-11(10)15(18)22/h4-7,9H,3,8H2,1-2H3,(H,16,20)(H,17,19). The van der Waals surface area contributed by atoms with Crippen LogP contribution < -0.4 is 10.6 Å². The van der Waals surface area contributed by atoms with Crippen LogP contribution in [0.5, 0.6) is 0 Å². The first kappa shape index (κ1) is 15.7. The molecule has 0 aliphatic carbocycles. The fraction of sp³-hybridized carbons (Fsp3) is 0.333. The lowest BCUT2D eigenvalue weighted by Crippen LogP contribution is -2.48. The molecule has 0 radical (unpaired) electrons. The average molecular weight is 303 g/mol. The van der Waals surface area contributed by atoms with Crippen molar-refractivity contribution in [2.75, 3.05) is 13.1 Å². The molecule has 0 aromatic heterocycles. The van der Waals surface area contributed by atoms with Crippen molar-refractivity contribution in [2.24, 2.45) is 0 Å². The number of benzene rings is 1. The molecule has 1 aromatic carbocycles. The largest absolute Gasteiger partial charge is 0.355 e. The highest BCUT2D eigenvalue weighted by molar-refractivity contribution is 6.22. The van der Waals surface area contributed by atoms with Gasteiger partial charge in [0.05, 0.1) is 11.1 Å². The second-order valence-electron chi connectivity index (χ2n) is 4.93. The van der Waals surface area contributed by atoms with Crippen LogP contribution >= 0.6 is 0 Å². The van der Waals surface area contributed by atoms with E-state index in [1.807, 2.05) is 0 Å². The van der Waals surface area contributed by atoms with Crippen molar-refractivity contribution >= 4 is 23.6 Å². The summed E-state index contributed by atoms with van der Waals surface area (Å²) in [7, 11) is 0. The van der Waals surface area contributed by atoms with Crippen LogP contribution in [0, 0.1) is 0 Å². The molecule has 1 unspecified atom stereocenters. The van der Waals surface area contributed by atoms with E-state index in [9.17, 15) is 19.2 Å². The smallest absolute Gasteiger partial charge is 0.262 e. The molecule has 1 aliphatic rings. The number of carbonyl (C=O) groups is 4. The molecule has 1 aliphatic heterocycles. The van der Waals surface area contributed by atoms with Crippen molar-refractivity contribution < 1.29 is 19.2 Å². The molecule has 0 saturated heterocycles. The lowest BCUT2D eigenvalue weighted by Gasteiger charge is -2.17. The summed E-state index contributed by atoms with van der Waals surface area (Å²) in [5.74, 6) is -1.88. The zero-order valence-corrected chi connectivity index (χ0v) is 12.4. The molecule has 1 heterocycles. The van der Waals surface area contributed by atoms with E-state index in [1.54, 1.807) is 31.2 Å². The summed E-state index contributed by atoms with van der Waals surface area (Å²) in [6.45, 7) is 3.35. The van der Waals surface area contributed by atoms with E-state index in [4.69, 9.17) is 0 Å². The minimum atomic E-state index is -0.734. The van der Waals surface area contributed by atoms with Crippen molar-refractivity contribution in [3.8, 4) is 0 Å². The molecule has 0 fully saturated rings. The van der Waals surface area contributed by atoms with Gasteiger partial charge in [-0.15, -0.1) is 0 Å². The molecule has 2 rings (SSSR count). The summed E-state index contributed by atoms with van der Waals surface area (Å²) < 4.78 is 0. The van der Waals surface area contributed by atoms with Gasteiger partial charge in [0.25, 0.3) is 11.8 Å². The molecule has 0 bridgehead atoms. The van der Waals surface area contributed by atoms with Crippen LogP contribution in [0.25, 0.3) is 0 Å². The van der Waals surface area contributed by atoms with Crippen molar-refractivity contribution in [2.45, 2.75) is 19.9 Å². The number of nitrogens with one attached hydrogen (secondary N) is 2. The molecule has 22 heavy (non-hydrogen) atoms. The van der Waals surface area contributed by atoms with Crippen LogP contribution in [0.3, 0.4) is 0 Å². The van der Waals surface area contributed by atoms with Crippen molar-refractivity contribution in [3.63, 3.8) is 0 Å². The molecule has 7 heteroatoms. The summed E-state index contributed by atoms with van der Waals surface area (Å²) in [4.78, 5) is 48.6. The van der Waals surface area contributed by atoms with Gasteiger partial charge in [0.1, 0.15) is 12.6 Å². The highest BCUT2D eigenvalue weighted by Gasteiger charge is 2.36. The van der Waals surface area contributed by atoms with Crippen molar-refractivity contribution in [1.82, 2.24) is 15.5 Å². The number of rotatable bonds is 5. The molecule has 1 atom stereocenters. The number of likely N-dealkylation sites (N-methyl/N-ethyl adjacent to an activating group) is 1. The lowest BCUT2D eigenvalue weighted by molar-refractivity contribution is -0.128. The Kier molecular flexibility index (Phi) is 4.55. The topological polar surface area (TPSA) is 95.6 Å². The molecule has 0 spiro atoms. The number of fused-ring (bicyclic) bond motifs is 1. The number of hydrogen-bond donors (Lipinski definition) is 2. The Hall–Kier alpha value is -2.70. The summed E-state index contributed by atoms with van der Waals surface area (Å²) >= 11 is 0. The minimum absolute atomic E-state index is 0.289. The third-order valence-corrected chi connectivity index (χ3v) is 3.30. The average Bonchev–Trinajstić information content (AvgIpc) is 2.73. The van der Waals surface area contributed by atoms with Crippen LogP contribution in [-0.2, 0) is 9.59 Å². The van der Waals surface area contributed by atoms with Crippen LogP contribution in [0.1, 0.15) is 34.6 Å². The van der Waals surface area contributed by atoms with E-state index in [-0.39, 0.29) is 17.0 Å². The number of amides is 4. The first-order chi connectivity index (χ1) is 10.5. The van der Waals surface area contributed by atoms with Crippen molar-refractivity contribution in [1.29, 1.82) is 0 Å². The molecule has 2 N–H and O–H groups in total. The Morgan fingerprint density at radius 3 is 2.18 bits per heavy atom. The second kappa shape index (κ2) is 6.38. The van der Waals surface area contributed by atoms with E-state index in [2.05, 4.69) is 10.6 Å². The third kappa shape index (κ3) is 2.98. The molecule has 0 saturated carbocycles. The Balaban J connectivity index is 2.00. The highest BCUT2D eigenvalue weighted by Crippen LogP contribution is 2.21. The van der Waals surface area contributed by atoms with Gasteiger partial charge >= 0.3 is 0 Å². The molecule has 116 valence electrons. The first-order valence-electron chi connectivity index (χ1n) is 6.98. The van der Waals surface area contributed by atoms with Gasteiger partial charge in [-0.3, -0.25) is 24.1 Å². The number of nitrogens with zero attached hydrogens (tertiary/aromatic N) is 1. The fourth-order valence-corrected chi connectivity index (χ4v) is 2.21. The van der Waals surface area contributed by atoms with Gasteiger partial charge in [-0.2, -0.15) is 0 Å². The molecule has 7 nitrogen and oxygen atoms in total. The van der Waals surface area contributed by atoms with Crippen LogP contribution in [0.15, 0.2) is 24.3 Å². The van der Waals surface area contributed by atoms with E-state index < -0.39 is 30.3 Å². The van der Waals surface area contributed by atoms with Gasteiger partial charge in [0.15, 0.2) is 0 Å². The SMILES string of the molecule is CCNC(=O)C(C)NC(=O)CN1C(=O)c2ccccc2C1=O. The second-order valence-corrected chi connectivity index (χ2v) is 4.93. The summed E-state index contributed by atoms with van der Waals surface area (Å²) in [5, 5.41) is 5.04. The third-order valence-electron chi connectivity index (χ3n) is 3.30. The van der Waals surface area contributed by atoms with E-state index in [0.717, 1.165) is 4.90 Å². The minimum Gasteiger partial charge on any atom is -0.355 e. The number of imide groups is 1. The Morgan fingerprint density at radius 1 is 1.14 bits per heavy atom. The molecule has 4 amide bonds. The zero-order valence-electron chi connectivity index (χ0n) is 12.4. The van der Waals surface area contributed by atoms with Gasteiger partial charge < -0.3 is 10.6 Å². The predicted octanol–water partition coefficient (Wildman–Crippen LogP) is -0.0766. The van der Waals surface area contributed by atoms with E-state index in [1.165, 1.54) is 6.92 Å². The predicted molar refractivity (Wildman–Crippen MR) is 78.1 cm³/mol. The summed E-state index contributed by atoms with van der Waals surface area (Å²) in [5.41, 5.74) is 0.578.